The van der Waals surface area contributed by atoms with E-state index in [1.165, 1.54) is 347 Å². The number of nitrogens with one attached hydrogen (secondary N) is 1. The van der Waals surface area contributed by atoms with Crippen LogP contribution in [0.2, 0.25) is 0 Å². The lowest BCUT2D eigenvalue weighted by Gasteiger charge is -2.20. The summed E-state index contributed by atoms with van der Waals surface area (Å²) in [6, 6.07) is -0.627. The van der Waals surface area contributed by atoms with Gasteiger partial charge in [-0.05, 0) is 89.9 Å². The largest absolute Gasteiger partial charge is 0.466 e. The molecule has 0 aromatic heterocycles. The van der Waals surface area contributed by atoms with Gasteiger partial charge in [-0.3, -0.25) is 9.59 Å². The Morgan fingerprint density at radius 3 is 0.899 bits per heavy atom. The second kappa shape index (κ2) is 78.0. The van der Waals surface area contributed by atoms with Crippen molar-refractivity contribution in [3.63, 3.8) is 0 Å². The lowest BCUT2D eigenvalue weighted by atomic mass is 10.0. The maximum atomic E-state index is 12.5. The van der Waals surface area contributed by atoms with E-state index in [0.717, 1.165) is 57.8 Å². The van der Waals surface area contributed by atoms with E-state index in [1.807, 2.05) is 6.08 Å². The molecule has 3 N–H and O–H groups in total. The van der Waals surface area contributed by atoms with Gasteiger partial charge in [0.2, 0.25) is 5.91 Å². The van der Waals surface area contributed by atoms with Crippen LogP contribution in [0.4, 0.5) is 0 Å². The van der Waals surface area contributed by atoms with Gasteiger partial charge < -0.3 is 20.3 Å². The summed E-state index contributed by atoms with van der Waals surface area (Å²) in [4.78, 5) is 24.6. The molecule has 0 saturated carbocycles. The van der Waals surface area contributed by atoms with Gasteiger partial charge in [-0.25, -0.2) is 0 Å². The molecule has 0 saturated heterocycles. The Balaban J connectivity index is 3.38. The zero-order valence-electron chi connectivity index (χ0n) is 59.9. The summed E-state index contributed by atoms with van der Waals surface area (Å²) in [6.45, 7) is 4.87. The standard InChI is InChI=1S/C83H155NO5/c1-3-5-7-9-11-13-15-17-18-19-20-42-45-48-52-55-59-63-67-71-75-81(86)80(79-85)84-82(87)76-72-68-64-60-56-53-49-46-43-40-38-36-34-32-30-28-26-24-22-21-23-25-27-29-31-33-35-37-39-41-44-47-50-54-58-62-66-70-74-78-89-83(88)77-73-69-65-61-57-51-16-14-12-10-8-6-4-2/h8,10,14,16,21-22,25,27,71,75,80-81,85-86H,3-7,9,11-13,15,17-20,23-24,26,28-70,72-74,76-79H2,1-2H3,(H,84,87)/b10-8-,16-14-,22-21-,27-25-,75-71+. The van der Waals surface area contributed by atoms with Gasteiger partial charge in [0.1, 0.15) is 0 Å². The van der Waals surface area contributed by atoms with E-state index in [9.17, 15) is 19.8 Å². The van der Waals surface area contributed by atoms with Crippen molar-refractivity contribution in [1.82, 2.24) is 5.32 Å². The molecule has 0 aromatic rings. The molecule has 2 atom stereocenters. The second-order valence-corrected chi connectivity index (χ2v) is 27.4. The first-order valence-electron chi connectivity index (χ1n) is 40.1. The summed E-state index contributed by atoms with van der Waals surface area (Å²) >= 11 is 0. The van der Waals surface area contributed by atoms with Gasteiger partial charge in [0.15, 0.2) is 0 Å². The number of carbonyl (C=O) groups is 2. The predicted molar refractivity (Wildman–Crippen MR) is 393 cm³/mol. The number of ether oxygens (including phenoxy) is 1. The van der Waals surface area contributed by atoms with E-state index >= 15 is 0 Å². The Bertz CT molecular complexity index is 1530. The van der Waals surface area contributed by atoms with Gasteiger partial charge in [-0.1, -0.05) is 389 Å². The molecule has 0 fully saturated rings. The average molecular weight is 1250 g/mol. The van der Waals surface area contributed by atoms with E-state index in [-0.39, 0.29) is 18.5 Å². The van der Waals surface area contributed by atoms with Gasteiger partial charge in [0, 0.05) is 12.8 Å². The Hall–Kier alpha value is -2.44. The number of esters is 1. The number of aliphatic hydroxyl groups excluding tert-OH is 2. The summed E-state index contributed by atoms with van der Waals surface area (Å²) in [5.74, 6) is -0.0564. The maximum absolute atomic E-state index is 12.5. The van der Waals surface area contributed by atoms with Crippen molar-refractivity contribution >= 4 is 11.9 Å². The van der Waals surface area contributed by atoms with Crippen LogP contribution >= 0.6 is 0 Å². The van der Waals surface area contributed by atoms with E-state index in [0.29, 0.717) is 19.4 Å². The SMILES string of the molecule is CCC/C=C\C/C=C\CCCCCCCC(=O)OCCCCCCCCCCCCCCCCC/C=C\C/C=C\CCCCCCCCCCCCCCCCCCCC(=O)NC(CO)C(O)/C=C/CCCCCCCCCCCCCCCCCCCC. The van der Waals surface area contributed by atoms with Crippen LogP contribution in [0.25, 0.3) is 0 Å². The maximum Gasteiger partial charge on any atom is 0.305 e. The number of allylic oxidation sites excluding steroid dienone is 9. The van der Waals surface area contributed by atoms with E-state index in [1.54, 1.807) is 6.08 Å². The number of amides is 1. The lowest BCUT2D eigenvalue weighted by Crippen LogP contribution is -2.45. The van der Waals surface area contributed by atoms with Gasteiger partial charge in [-0.2, -0.15) is 0 Å². The topological polar surface area (TPSA) is 95.9 Å². The summed E-state index contributed by atoms with van der Waals surface area (Å²) in [5.41, 5.74) is 0. The zero-order valence-corrected chi connectivity index (χ0v) is 59.9. The van der Waals surface area contributed by atoms with Crippen LogP contribution in [0.5, 0.6) is 0 Å². The number of rotatable bonds is 75. The van der Waals surface area contributed by atoms with Crippen LogP contribution in [0, 0.1) is 0 Å². The van der Waals surface area contributed by atoms with Crippen molar-refractivity contribution < 1.29 is 24.5 Å². The summed E-state index contributed by atoms with van der Waals surface area (Å²) in [7, 11) is 0. The first-order valence-corrected chi connectivity index (χ1v) is 40.1. The number of hydrogen-bond acceptors (Lipinski definition) is 5. The predicted octanol–water partition coefficient (Wildman–Crippen LogP) is 26.5. The third kappa shape index (κ3) is 74.5. The molecule has 0 rings (SSSR count). The first kappa shape index (κ1) is 86.6. The normalized spacial score (nSPS) is 12.8. The smallest absolute Gasteiger partial charge is 0.305 e. The van der Waals surface area contributed by atoms with Crippen LogP contribution in [0.1, 0.15) is 431 Å². The molecule has 0 spiro atoms. The summed E-state index contributed by atoms with van der Waals surface area (Å²) < 4.78 is 5.48. The van der Waals surface area contributed by atoms with Crippen LogP contribution in [0.3, 0.4) is 0 Å². The third-order valence-corrected chi connectivity index (χ3v) is 18.5. The molecule has 6 nitrogen and oxygen atoms in total. The van der Waals surface area contributed by atoms with Crippen molar-refractivity contribution in [2.75, 3.05) is 13.2 Å². The van der Waals surface area contributed by atoms with Crippen molar-refractivity contribution in [2.24, 2.45) is 0 Å². The number of carbonyl (C=O) groups excluding carboxylic acids is 2. The molecule has 1 amide bonds. The van der Waals surface area contributed by atoms with Crippen molar-refractivity contribution in [3.05, 3.63) is 60.8 Å². The fourth-order valence-corrected chi connectivity index (χ4v) is 12.4. The van der Waals surface area contributed by atoms with Crippen molar-refractivity contribution in [3.8, 4) is 0 Å². The minimum atomic E-state index is -0.844. The Kier molecular flexibility index (Phi) is 75.9. The van der Waals surface area contributed by atoms with Crippen LogP contribution in [0.15, 0.2) is 60.8 Å². The average Bonchev–Trinajstić information content (AvgIpc) is 3.55. The molecule has 0 heterocycles. The van der Waals surface area contributed by atoms with Gasteiger partial charge in [0.05, 0.1) is 25.4 Å². The highest BCUT2D eigenvalue weighted by molar-refractivity contribution is 5.76. The van der Waals surface area contributed by atoms with Gasteiger partial charge in [0.25, 0.3) is 0 Å². The third-order valence-electron chi connectivity index (χ3n) is 18.5. The van der Waals surface area contributed by atoms with Crippen molar-refractivity contribution in [2.45, 2.75) is 443 Å². The van der Waals surface area contributed by atoms with Crippen LogP contribution in [-0.4, -0.2) is 47.4 Å². The van der Waals surface area contributed by atoms with Crippen LogP contribution in [-0.2, 0) is 14.3 Å². The molecule has 0 aliphatic rings. The second-order valence-electron chi connectivity index (χ2n) is 27.4. The number of hydrogen-bond donors (Lipinski definition) is 3. The van der Waals surface area contributed by atoms with E-state index in [2.05, 4.69) is 67.8 Å². The minimum Gasteiger partial charge on any atom is -0.466 e. The van der Waals surface area contributed by atoms with Gasteiger partial charge >= 0.3 is 5.97 Å². The first-order chi connectivity index (χ1) is 44.0. The quantitative estimate of drug-likeness (QED) is 0.0320. The molecular formula is C83H155NO5. The highest BCUT2D eigenvalue weighted by Crippen LogP contribution is 2.19. The Morgan fingerprint density at radius 2 is 0.584 bits per heavy atom. The zero-order chi connectivity index (χ0) is 64.2. The molecule has 0 aliphatic heterocycles. The molecule has 0 radical (unpaired) electrons. The molecule has 0 aromatic carbocycles. The molecule has 6 heteroatoms. The molecule has 0 bridgehead atoms. The van der Waals surface area contributed by atoms with Crippen molar-refractivity contribution in [1.29, 1.82) is 0 Å². The highest BCUT2D eigenvalue weighted by Gasteiger charge is 2.18. The van der Waals surface area contributed by atoms with Gasteiger partial charge in [-0.15, -0.1) is 0 Å². The molecular weight excluding hydrogens is 1090 g/mol. The molecule has 89 heavy (non-hydrogen) atoms. The summed E-state index contributed by atoms with van der Waals surface area (Å²) in [6.07, 6.45) is 105. The molecule has 0 aliphatic carbocycles. The highest BCUT2D eigenvalue weighted by atomic mass is 16.5. The number of unbranched alkanes of at least 4 members (excludes halogenated alkanes) is 56. The molecule has 522 valence electrons. The number of aliphatic hydroxyl groups is 2. The van der Waals surface area contributed by atoms with Crippen LogP contribution < -0.4 is 5.32 Å². The lowest BCUT2D eigenvalue weighted by molar-refractivity contribution is -0.143. The minimum absolute atomic E-state index is 0.00479. The monoisotopic (exact) mass is 1250 g/mol. The Labute approximate surface area is 556 Å². The Morgan fingerprint density at radius 1 is 0.315 bits per heavy atom. The van der Waals surface area contributed by atoms with E-state index < -0.39 is 12.1 Å². The molecule has 2 unspecified atom stereocenters. The summed E-state index contributed by atoms with van der Waals surface area (Å²) in [5, 5.41) is 23.3. The van der Waals surface area contributed by atoms with E-state index in [4.69, 9.17) is 4.74 Å². The fraction of sp³-hybridized carbons (Fsp3) is 0.855. The fourth-order valence-electron chi connectivity index (χ4n) is 12.4.